The van der Waals surface area contributed by atoms with Gasteiger partial charge < -0.3 is 5.73 Å². The van der Waals surface area contributed by atoms with Crippen LogP contribution in [0.2, 0.25) is 0 Å². The Morgan fingerprint density at radius 1 is 1.26 bits per heavy atom. The Hall–Kier alpha value is -3.32. The zero-order valence-corrected chi connectivity index (χ0v) is 15.7. The van der Waals surface area contributed by atoms with Crippen molar-refractivity contribution in [3.05, 3.63) is 69.4 Å². The van der Waals surface area contributed by atoms with E-state index >= 15 is 0 Å². The number of hydrogen-bond acceptors (Lipinski definition) is 6. The Bertz CT molecular complexity index is 1080. The van der Waals surface area contributed by atoms with E-state index in [-0.39, 0.29) is 12.1 Å². The van der Waals surface area contributed by atoms with Gasteiger partial charge in [-0.3, -0.25) is 14.8 Å². The minimum absolute atomic E-state index is 0.233. The van der Waals surface area contributed by atoms with Gasteiger partial charge in [-0.25, -0.2) is 5.10 Å². The second-order valence-corrected chi connectivity index (χ2v) is 6.29. The number of aromatic nitrogens is 3. The number of H-pyrrole nitrogens is 1. The van der Waals surface area contributed by atoms with Crippen molar-refractivity contribution in [1.29, 1.82) is 0 Å². The second-order valence-electron chi connectivity index (χ2n) is 6.29. The molecular weight excluding hydrogens is 340 g/mol. The number of allylic oxidation sites excluding steroid dienone is 1. The molecule has 0 aliphatic rings. The molecule has 0 radical (unpaired) electrons. The van der Waals surface area contributed by atoms with Gasteiger partial charge in [0.2, 0.25) is 0 Å². The van der Waals surface area contributed by atoms with Crippen LogP contribution in [0.15, 0.2) is 46.4 Å². The Kier molecular flexibility index (Phi) is 5.14. The highest BCUT2D eigenvalue weighted by atomic mass is 16.1. The van der Waals surface area contributed by atoms with E-state index in [0.29, 0.717) is 11.1 Å². The van der Waals surface area contributed by atoms with Gasteiger partial charge in [-0.2, -0.15) is 10.2 Å². The standard InChI is InChI=1S/C20H22N6O/c1-12-5-6-15(11-23-12)19(26(4)22-3)13(2)14-7-8-16-17(9-14)18(10-21)24-25-20(16)27/h5-9,11H,3,10,21H2,1-2,4H3,(H,25,27)/b19-13+. The van der Waals surface area contributed by atoms with Gasteiger partial charge in [0.15, 0.2) is 0 Å². The zero-order valence-electron chi connectivity index (χ0n) is 15.7. The maximum atomic E-state index is 12.1. The Balaban J connectivity index is 2.26. The van der Waals surface area contributed by atoms with Crippen molar-refractivity contribution in [1.82, 2.24) is 20.2 Å². The molecule has 3 N–H and O–H groups in total. The second kappa shape index (κ2) is 7.51. The topological polar surface area (TPSA) is 100 Å². The number of aryl methyl sites for hydroxylation is 1. The van der Waals surface area contributed by atoms with Crippen LogP contribution in [0.3, 0.4) is 0 Å². The largest absolute Gasteiger partial charge is 0.325 e. The molecule has 2 aromatic heterocycles. The predicted molar refractivity (Wildman–Crippen MR) is 109 cm³/mol. The van der Waals surface area contributed by atoms with E-state index in [0.717, 1.165) is 33.5 Å². The highest BCUT2D eigenvalue weighted by Crippen LogP contribution is 2.30. The van der Waals surface area contributed by atoms with E-state index in [4.69, 9.17) is 5.73 Å². The summed E-state index contributed by atoms with van der Waals surface area (Å²) in [5, 5.41) is 13.6. The minimum Gasteiger partial charge on any atom is -0.325 e. The molecule has 27 heavy (non-hydrogen) atoms. The molecule has 0 spiro atoms. The normalized spacial score (nSPS) is 12.0. The van der Waals surface area contributed by atoms with Crippen LogP contribution in [0.4, 0.5) is 0 Å². The monoisotopic (exact) mass is 362 g/mol. The van der Waals surface area contributed by atoms with Crippen molar-refractivity contribution in [3.8, 4) is 0 Å². The molecule has 0 atom stereocenters. The first-order valence-corrected chi connectivity index (χ1v) is 8.52. The Morgan fingerprint density at radius 2 is 2.00 bits per heavy atom. The first-order valence-electron chi connectivity index (χ1n) is 8.52. The molecule has 138 valence electrons. The van der Waals surface area contributed by atoms with Crippen molar-refractivity contribution in [2.24, 2.45) is 10.8 Å². The number of pyridine rings is 1. The lowest BCUT2D eigenvalue weighted by atomic mass is 9.98. The molecule has 0 aliphatic carbocycles. The average molecular weight is 362 g/mol. The number of hydrogen-bond donors (Lipinski definition) is 2. The van der Waals surface area contributed by atoms with E-state index < -0.39 is 0 Å². The first kappa shape index (κ1) is 18.5. The lowest BCUT2D eigenvalue weighted by Gasteiger charge is -2.21. The summed E-state index contributed by atoms with van der Waals surface area (Å²) in [6.07, 6.45) is 1.81. The molecule has 0 saturated carbocycles. The first-order chi connectivity index (χ1) is 13.0. The third-order valence-corrected chi connectivity index (χ3v) is 4.57. The number of nitrogens with one attached hydrogen (secondary N) is 1. The maximum Gasteiger partial charge on any atom is 0.272 e. The van der Waals surface area contributed by atoms with Crippen LogP contribution in [0.5, 0.6) is 0 Å². The summed E-state index contributed by atoms with van der Waals surface area (Å²) < 4.78 is 0. The Labute approximate surface area is 157 Å². The molecule has 3 aromatic rings. The zero-order chi connectivity index (χ0) is 19.6. The number of benzene rings is 1. The van der Waals surface area contributed by atoms with E-state index in [1.165, 1.54) is 0 Å². The van der Waals surface area contributed by atoms with Gasteiger partial charge in [-0.05, 0) is 49.2 Å². The fraction of sp³-hybridized carbons (Fsp3) is 0.200. The lowest BCUT2D eigenvalue weighted by molar-refractivity contribution is 0.522. The average Bonchev–Trinajstić information content (AvgIpc) is 2.69. The molecule has 7 nitrogen and oxygen atoms in total. The molecular formula is C20H22N6O. The summed E-state index contributed by atoms with van der Waals surface area (Å²) >= 11 is 0. The van der Waals surface area contributed by atoms with Crippen molar-refractivity contribution in [2.45, 2.75) is 20.4 Å². The number of aromatic amines is 1. The maximum absolute atomic E-state index is 12.1. The van der Waals surface area contributed by atoms with Crippen LogP contribution in [-0.2, 0) is 6.54 Å². The van der Waals surface area contributed by atoms with Gasteiger partial charge in [0.05, 0.1) is 16.8 Å². The third-order valence-electron chi connectivity index (χ3n) is 4.57. The molecule has 1 aromatic carbocycles. The molecule has 0 fully saturated rings. The highest BCUT2D eigenvalue weighted by molar-refractivity contribution is 5.93. The van der Waals surface area contributed by atoms with Crippen molar-refractivity contribution >= 4 is 28.8 Å². The van der Waals surface area contributed by atoms with Crippen molar-refractivity contribution in [2.75, 3.05) is 7.05 Å². The van der Waals surface area contributed by atoms with Gasteiger partial charge in [-0.1, -0.05) is 6.07 Å². The fourth-order valence-electron chi connectivity index (χ4n) is 3.07. The fourth-order valence-corrected chi connectivity index (χ4v) is 3.07. The van der Waals surface area contributed by atoms with Crippen molar-refractivity contribution in [3.63, 3.8) is 0 Å². The minimum atomic E-state index is -0.233. The van der Waals surface area contributed by atoms with Gasteiger partial charge in [0.1, 0.15) is 0 Å². The van der Waals surface area contributed by atoms with Crippen LogP contribution in [0, 0.1) is 6.92 Å². The molecule has 0 saturated heterocycles. The summed E-state index contributed by atoms with van der Waals surface area (Å²) in [5.41, 5.74) is 10.9. The molecule has 0 bridgehead atoms. The number of nitrogens with zero attached hydrogens (tertiary/aromatic N) is 4. The quantitative estimate of drug-likeness (QED) is 0.536. The molecule has 0 unspecified atom stereocenters. The predicted octanol–water partition coefficient (Wildman–Crippen LogP) is 2.52. The SMILES string of the molecule is C=NN(C)/C(=C(\C)c1ccc2c(=O)[nH]nc(CN)c2c1)c1ccc(C)nc1. The van der Waals surface area contributed by atoms with E-state index in [1.807, 2.05) is 51.4 Å². The van der Waals surface area contributed by atoms with Gasteiger partial charge in [0, 0.05) is 43.2 Å². The van der Waals surface area contributed by atoms with Crippen LogP contribution in [0.25, 0.3) is 22.0 Å². The molecule has 0 amide bonds. The van der Waals surface area contributed by atoms with E-state index in [9.17, 15) is 4.79 Å². The summed E-state index contributed by atoms with van der Waals surface area (Å²) in [4.78, 5) is 16.4. The number of fused-ring (bicyclic) bond motifs is 1. The lowest BCUT2D eigenvalue weighted by Crippen LogP contribution is -2.14. The Morgan fingerprint density at radius 3 is 2.63 bits per heavy atom. The van der Waals surface area contributed by atoms with Gasteiger partial charge in [0.25, 0.3) is 5.56 Å². The number of rotatable bonds is 5. The van der Waals surface area contributed by atoms with Gasteiger partial charge in [-0.15, -0.1) is 0 Å². The molecule has 7 heteroatoms. The van der Waals surface area contributed by atoms with Crippen LogP contribution >= 0.6 is 0 Å². The number of hydrazone groups is 1. The van der Waals surface area contributed by atoms with Gasteiger partial charge >= 0.3 is 0 Å². The van der Waals surface area contributed by atoms with E-state index in [2.05, 4.69) is 27.0 Å². The summed E-state index contributed by atoms with van der Waals surface area (Å²) in [6, 6.07) is 9.59. The number of nitrogens with two attached hydrogens (primary N) is 1. The van der Waals surface area contributed by atoms with Crippen LogP contribution in [0.1, 0.15) is 29.4 Å². The summed E-state index contributed by atoms with van der Waals surface area (Å²) in [7, 11) is 1.84. The summed E-state index contributed by atoms with van der Waals surface area (Å²) in [5.74, 6) is 0. The summed E-state index contributed by atoms with van der Waals surface area (Å²) in [6.45, 7) is 7.82. The van der Waals surface area contributed by atoms with Crippen molar-refractivity contribution < 1.29 is 0 Å². The van der Waals surface area contributed by atoms with Crippen LogP contribution in [-0.4, -0.2) is 34.0 Å². The smallest absolute Gasteiger partial charge is 0.272 e. The molecule has 0 aliphatic heterocycles. The highest BCUT2D eigenvalue weighted by Gasteiger charge is 2.14. The van der Waals surface area contributed by atoms with Crippen LogP contribution < -0.4 is 11.3 Å². The molecule has 2 heterocycles. The van der Waals surface area contributed by atoms with E-state index in [1.54, 1.807) is 11.1 Å². The molecule has 3 rings (SSSR count). The third kappa shape index (κ3) is 3.50.